The molecule has 0 aliphatic carbocycles. The number of hydrogen-bond donors (Lipinski definition) is 4. The zero-order valence-corrected chi connectivity index (χ0v) is 21.1. The SMILES string of the molecule is NC(=O)c1nsc(C(=O)N(c2cccc(C(F)(F)F)c2)[C@H](C(=O)NC[C@@H]2CCCO2)c2ccc(O)cc2)c1N. The first-order valence-corrected chi connectivity index (χ1v) is 12.5. The summed E-state index contributed by atoms with van der Waals surface area (Å²) in [5.74, 6) is -2.84. The molecule has 3 amide bonds. The highest BCUT2D eigenvalue weighted by molar-refractivity contribution is 7.09. The molecule has 0 radical (unpaired) electrons. The molecule has 6 N–H and O–H groups in total. The normalized spacial score (nSPS) is 16.0. The quantitative estimate of drug-likeness (QED) is 0.327. The predicted octanol–water partition coefficient (Wildman–Crippen LogP) is 3.23. The van der Waals surface area contributed by atoms with Crippen molar-refractivity contribution in [1.82, 2.24) is 9.69 Å². The van der Waals surface area contributed by atoms with Gasteiger partial charge in [0.15, 0.2) is 5.69 Å². The zero-order chi connectivity index (χ0) is 28.3. The summed E-state index contributed by atoms with van der Waals surface area (Å²) in [5, 5.41) is 12.5. The molecule has 206 valence electrons. The first-order valence-electron chi connectivity index (χ1n) is 11.7. The lowest BCUT2D eigenvalue weighted by Gasteiger charge is -2.32. The van der Waals surface area contributed by atoms with E-state index >= 15 is 0 Å². The van der Waals surface area contributed by atoms with Gasteiger partial charge in [-0.1, -0.05) is 18.2 Å². The Morgan fingerprint density at radius 1 is 1.21 bits per heavy atom. The Labute approximate surface area is 224 Å². The predicted molar refractivity (Wildman–Crippen MR) is 136 cm³/mol. The zero-order valence-electron chi connectivity index (χ0n) is 20.3. The first kappa shape index (κ1) is 27.9. The molecular formula is C25H24F3N5O5S. The fourth-order valence-electron chi connectivity index (χ4n) is 4.14. The number of phenolic OH excluding ortho intramolecular Hbond substituents is 1. The lowest BCUT2D eigenvalue weighted by atomic mass is 10.0. The van der Waals surface area contributed by atoms with E-state index in [4.69, 9.17) is 16.2 Å². The minimum Gasteiger partial charge on any atom is -0.508 e. The van der Waals surface area contributed by atoms with Crippen LogP contribution in [0.25, 0.3) is 0 Å². The van der Waals surface area contributed by atoms with Gasteiger partial charge in [-0.05, 0) is 60.3 Å². The van der Waals surface area contributed by atoms with Gasteiger partial charge in [0.1, 0.15) is 16.7 Å². The lowest BCUT2D eigenvalue weighted by Crippen LogP contribution is -2.45. The number of rotatable bonds is 8. The number of nitrogen functional groups attached to an aromatic ring is 1. The molecule has 4 rings (SSSR count). The van der Waals surface area contributed by atoms with Gasteiger partial charge in [-0.25, -0.2) is 0 Å². The van der Waals surface area contributed by atoms with E-state index < -0.39 is 35.5 Å². The molecule has 0 bridgehead atoms. The number of phenols is 1. The Balaban J connectivity index is 1.86. The Kier molecular flexibility index (Phi) is 8.06. The highest BCUT2D eigenvalue weighted by atomic mass is 32.1. The number of ether oxygens (including phenoxy) is 1. The molecule has 1 aliphatic rings. The number of nitrogens with zero attached hydrogens (tertiary/aromatic N) is 2. The number of alkyl halides is 3. The average Bonchev–Trinajstić information content (AvgIpc) is 3.55. The Morgan fingerprint density at radius 3 is 2.51 bits per heavy atom. The van der Waals surface area contributed by atoms with Gasteiger partial charge in [-0.3, -0.25) is 19.3 Å². The minimum atomic E-state index is -4.75. The number of primary amides is 1. The number of carbonyl (C=O) groups is 3. The van der Waals surface area contributed by atoms with Crippen LogP contribution in [0.2, 0.25) is 0 Å². The number of carbonyl (C=O) groups excluding carboxylic acids is 3. The van der Waals surface area contributed by atoms with Crippen molar-refractivity contribution in [1.29, 1.82) is 0 Å². The maximum atomic E-state index is 13.9. The van der Waals surface area contributed by atoms with Gasteiger partial charge in [0.2, 0.25) is 5.91 Å². The third kappa shape index (κ3) is 6.12. The van der Waals surface area contributed by atoms with Crippen molar-refractivity contribution in [2.75, 3.05) is 23.8 Å². The van der Waals surface area contributed by atoms with Crippen LogP contribution in [-0.4, -0.2) is 46.5 Å². The van der Waals surface area contributed by atoms with Gasteiger partial charge in [0, 0.05) is 18.8 Å². The van der Waals surface area contributed by atoms with Crippen molar-refractivity contribution in [3.05, 3.63) is 70.2 Å². The van der Waals surface area contributed by atoms with Crippen LogP contribution in [0.4, 0.5) is 24.5 Å². The molecular weight excluding hydrogens is 539 g/mol. The molecule has 2 atom stereocenters. The van der Waals surface area contributed by atoms with E-state index in [0.717, 1.165) is 29.5 Å². The molecule has 10 nitrogen and oxygen atoms in total. The molecule has 1 saturated heterocycles. The molecule has 0 spiro atoms. The smallest absolute Gasteiger partial charge is 0.416 e. The van der Waals surface area contributed by atoms with Gasteiger partial charge in [-0.15, -0.1) is 0 Å². The number of benzene rings is 2. The Hall–Kier alpha value is -4.17. The number of halogens is 3. The molecule has 14 heteroatoms. The summed E-state index contributed by atoms with van der Waals surface area (Å²) in [4.78, 5) is 39.8. The maximum Gasteiger partial charge on any atom is 0.416 e. The average molecular weight is 564 g/mol. The third-order valence-electron chi connectivity index (χ3n) is 6.07. The van der Waals surface area contributed by atoms with Crippen LogP contribution in [0.5, 0.6) is 5.75 Å². The summed E-state index contributed by atoms with van der Waals surface area (Å²) in [7, 11) is 0. The summed E-state index contributed by atoms with van der Waals surface area (Å²) >= 11 is 0.525. The second kappa shape index (κ2) is 11.3. The highest BCUT2D eigenvalue weighted by Crippen LogP contribution is 2.37. The van der Waals surface area contributed by atoms with E-state index in [0.29, 0.717) is 24.6 Å². The van der Waals surface area contributed by atoms with Crippen molar-refractivity contribution in [3.8, 4) is 5.75 Å². The van der Waals surface area contributed by atoms with Crippen molar-refractivity contribution in [3.63, 3.8) is 0 Å². The van der Waals surface area contributed by atoms with E-state index in [9.17, 15) is 32.7 Å². The van der Waals surface area contributed by atoms with Crippen molar-refractivity contribution in [2.24, 2.45) is 5.73 Å². The Bertz CT molecular complexity index is 1370. The topological polar surface area (TPSA) is 161 Å². The monoisotopic (exact) mass is 563 g/mol. The number of anilines is 2. The summed E-state index contributed by atoms with van der Waals surface area (Å²) in [6, 6.07) is 7.65. The molecule has 3 aromatic rings. The first-order chi connectivity index (χ1) is 18.5. The largest absolute Gasteiger partial charge is 0.508 e. The van der Waals surface area contributed by atoms with Gasteiger partial charge in [-0.2, -0.15) is 17.5 Å². The van der Waals surface area contributed by atoms with E-state index in [1.54, 1.807) is 0 Å². The van der Waals surface area contributed by atoms with Crippen LogP contribution in [0.3, 0.4) is 0 Å². The number of nitrogens with two attached hydrogens (primary N) is 2. The molecule has 2 aromatic carbocycles. The van der Waals surface area contributed by atoms with E-state index in [-0.39, 0.29) is 45.9 Å². The third-order valence-corrected chi connectivity index (χ3v) is 6.92. The Morgan fingerprint density at radius 2 is 1.92 bits per heavy atom. The fraction of sp³-hybridized carbons (Fsp3) is 0.280. The summed E-state index contributed by atoms with van der Waals surface area (Å²) in [6.45, 7) is 0.635. The second-order valence-corrected chi connectivity index (χ2v) is 9.51. The molecule has 0 saturated carbocycles. The van der Waals surface area contributed by atoms with E-state index in [1.807, 2.05) is 0 Å². The van der Waals surface area contributed by atoms with Gasteiger partial charge >= 0.3 is 6.18 Å². The number of hydrogen-bond acceptors (Lipinski definition) is 8. The van der Waals surface area contributed by atoms with Crippen molar-refractivity contribution in [2.45, 2.75) is 31.2 Å². The molecule has 1 aromatic heterocycles. The number of nitrogens with one attached hydrogen (secondary N) is 1. The molecule has 2 heterocycles. The maximum absolute atomic E-state index is 13.9. The molecule has 39 heavy (non-hydrogen) atoms. The molecule has 1 aliphatic heterocycles. The van der Waals surface area contributed by atoms with Crippen LogP contribution in [-0.2, 0) is 15.7 Å². The summed E-state index contributed by atoms with van der Waals surface area (Å²) in [6.07, 6.45) is -3.50. The van der Waals surface area contributed by atoms with Gasteiger partial charge in [0.05, 0.1) is 17.4 Å². The summed E-state index contributed by atoms with van der Waals surface area (Å²) in [5.41, 5.74) is 9.35. The number of aromatic nitrogens is 1. The fourth-order valence-corrected chi connectivity index (χ4v) is 4.89. The minimum absolute atomic E-state index is 0.104. The molecule has 1 fully saturated rings. The van der Waals surface area contributed by atoms with Crippen molar-refractivity contribution >= 4 is 40.6 Å². The van der Waals surface area contributed by atoms with E-state index in [2.05, 4.69) is 9.69 Å². The van der Waals surface area contributed by atoms with Crippen LogP contribution in [0, 0.1) is 0 Å². The number of aromatic hydroxyl groups is 1. The molecule has 0 unspecified atom stereocenters. The van der Waals surface area contributed by atoms with Crippen LogP contribution >= 0.6 is 11.5 Å². The highest BCUT2D eigenvalue weighted by Gasteiger charge is 2.38. The number of amides is 3. The van der Waals surface area contributed by atoms with Gasteiger partial charge < -0.3 is 26.6 Å². The lowest BCUT2D eigenvalue weighted by molar-refractivity contribution is -0.137. The van der Waals surface area contributed by atoms with Crippen LogP contribution < -0.4 is 21.7 Å². The van der Waals surface area contributed by atoms with Crippen molar-refractivity contribution < 1.29 is 37.4 Å². The standard InChI is InChI=1S/C25H24F3N5O5S/c26-25(27,28)14-3-1-4-15(11-14)33(24(37)21-18(29)19(22(30)35)32-39-21)20(13-6-8-16(34)9-7-13)23(36)31-12-17-5-2-10-38-17/h1,3-4,6-9,11,17,20,34H,2,5,10,12,29H2,(H2,30,35)(H,31,36)/t17-,20-/m0/s1. The van der Waals surface area contributed by atoms with Gasteiger partial charge in [0.25, 0.3) is 11.8 Å². The van der Waals surface area contributed by atoms with Crippen LogP contribution in [0.15, 0.2) is 48.5 Å². The van der Waals surface area contributed by atoms with Crippen LogP contribution in [0.1, 0.15) is 50.2 Å². The second-order valence-electron chi connectivity index (χ2n) is 8.74. The summed E-state index contributed by atoms with van der Waals surface area (Å²) < 4.78 is 50.2. The van der Waals surface area contributed by atoms with E-state index in [1.165, 1.54) is 30.3 Å².